The quantitative estimate of drug-likeness (QED) is 0.866. The summed E-state index contributed by atoms with van der Waals surface area (Å²) < 4.78 is 0. The fourth-order valence-corrected chi connectivity index (χ4v) is 3.66. The van der Waals surface area contributed by atoms with E-state index < -0.39 is 0 Å². The second-order valence-electron chi connectivity index (χ2n) is 7.26. The van der Waals surface area contributed by atoms with Gasteiger partial charge in [0.1, 0.15) is 0 Å². The highest BCUT2D eigenvalue weighted by atomic mass is 16.2. The Labute approximate surface area is 161 Å². The first-order valence-corrected chi connectivity index (χ1v) is 9.84. The van der Waals surface area contributed by atoms with E-state index in [1.54, 1.807) is 0 Å². The molecule has 1 aliphatic heterocycles. The molecule has 0 saturated carbocycles. The Balaban J connectivity index is 1.96. The molecule has 3 rings (SSSR count). The fraction of sp³-hybridized carbons (Fsp3) is 0.391. The van der Waals surface area contributed by atoms with Crippen LogP contribution in [0.5, 0.6) is 0 Å². The molecular formula is C23H28N2O2. The number of nitrogens with zero attached hydrogens (tertiary/aromatic N) is 1. The number of rotatable bonds is 2. The number of hydrogen-bond donors (Lipinski definition) is 1. The molecule has 0 radical (unpaired) electrons. The average molecular weight is 364 g/mol. The van der Waals surface area contributed by atoms with Gasteiger partial charge in [0.15, 0.2) is 0 Å². The van der Waals surface area contributed by atoms with E-state index in [1.807, 2.05) is 66.4 Å². The molecule has 0 bridgehead atoms. The van der Waals surface area contributed by atoms with E-state index in [0.717, 1.165) is 36.8 Å². The Hall–Kier alpha value is -2.62. The Kier molecular flexibility index (Phi) is 6.64. The van der Waals surface area contributed by atoms with Crippen molar-refractivity contribution in [1.29, 1.82) is 0 Å². The van der Waals surface area contributed by atoms with E-state index in [0.29, 0.717) is 25.1 Å². The third kappa shape index (κ3) is 5.19. The minimum absolute atomic E-state index is 0.000370. The van der Waals surface area contributed by atoms with Crippen molar-refractivity contribution in [1.82, 2.24) is 10.2 Å². The largest absolute Gasteiger partial charge is 0.356 e. The summed E-state index contributed by atoms with van der Waals surface area (Å²) in [7, 11) is 0. The molecule has 4 nitrogen and oxygen atoms in total. The van der Waals surface area contributed by atoms with Crippen molar-refractivity contribution < 1.29 is 9.59 Å². The molecule has 4 heteroatoms. The SMILES string of the molecule is Cc1cccc(C(=O)N2CCCCCCNC(=O)CC2c2ccccc2)c1. The van der Waals surface area contributed by atoms with Crippen molar-refractivity contribution in [3.8, 4) is 0 Å². The van der Waals surface area contributed by atoms with Crippen LogP contribution in [-0.4, -0.2) is 29.8 Å². The van der Waals surface area contributed by atoms with Gasteiger partial charge < -0.3 is 10.2 Å². The fourth-order valence-electron chi connectivity index (χ4n) is 3.66. The highest BCUT2D eigenvalue weighted by Gasteiger charge is 2.28. The number of hydrogen-bond acceptors (Lipinski definition) is 2. The molecule has 27 heavy (non-hydrogen) atoms. The number of nitrogens with one attached hydrogen (secondary N) is 1. The summed E-state index contributed by atoms with van der Waals surface area (Å²) in [5.74, 6) is 0.00685. The molecular weight excluding hydrogens is 336 g/mol. The zero-order chi connectivity index (χ0) is 19.1. The van der Waals surface area contributed by atoms with E-state index in [1.165, 1.54) is 0 Å². The van der Waals surface area contributed by atoms with Gasteiger partial charge >= 0.3 is 0 Å². The molecule has 0 aliphatic carbocycles. The highest BCUT2D eigenvalue weighted by Crippen LogP contribution is 2.27. The van der Waals surface area contributed by atoms with Gasteiger partial charge in [0, 0.05) is 18.7 Å². The lowest BCUT2D eigenvalue weighted by Gasteiger charge is -2.32. The molecule has 2 aromatic carbocycles. The maximum Gasteiger partial charge on any atom is 0.254 e. The summed E-state index contributed by atoms with van der Waals surface area (Å²) in [5.41, 5.74) is 2.76. The summed E-state index contributed by atoms with van der Waals surface area (Å²) in [6.07, 6.45) is 4.38. The monoisotopic (exact) mass is 364 g/mol. The van der Waals surface area contributed by atoms with Crippen LogP contribution in [-0.2, 0) is 4.79 Å². The van der Waals surface area contributed by atoms with Crippen LogP contribution in [0.25, 0.3) is 0 Å². The normalized spacial score (nSPS) is 19.1. The van der Waals surface area contributed by atoms with Gasteiger partial charge in [0.05, 0.1) is 12.5 Å². The maximum absolute atomic E-state index is 13.4. The van der Waals surface area contributed by atoms with Crippen LogP contribution in [0.1, 0.15) is 59.6 Å². The Morgan fingerprint density at radius 2 is 1.78 bits per heavy atom. The van der Waals surface area contributed by atoms with Crippen molar-refractivity contribution in [2.24, 2.45) is 0 Å². The third-order valence-electron chi connectivity index (χ3n) is 5.11. The first kappa shape index (κ1) is 19.2. The van der Waals surface area contributed by atoms with Gasteiger partial charge in [-0.3, -0.25) is 9.59 Å². The Morgan fingerprint density at radius 1 is 1.00 bits per heavy atom. The Morgan fingerprint density at radius 3 is 2.56 bits per heavy atom. The van der Waals surface area contributed by atoms with Gasteiger partial charge in [-0.05, 0) is 37.5 Å². The van der Waals surface area contributed by atoms with E-state index in [4.69, 9.17) is 0 Å². The average Bonchev–Trinajstić information content (AvgIpc) is 2.72. The summed E-state index contributed by atoms with van der Waals surface area (Å²) in [5, 5.41) is 3.01. The number of amides is 2. The van der Waals surface area contributed by atoms with Crippen LogP contribution in [0.15, 0.2) is 54.6 Å². The zero-order valence-corrected chi connectivity index (χ0v) is 16.0. The van der Waals surface area contributed by atoms with Gasteiger partial charge in [0.2, 0.25) is 5.91 Å². The first-order chi connectivity index (χ1) is 13.1. The lowest BCUT2D eigenvalue weighted by atomic mass is 9.99. The van der Waals surface area contributed by atoms with Gasteiger partial charge in [0.25, 0.3) is 5.91 Å². The molecule has 1 heterocycles. The molecule has 2 aromatic rings. The van der Waals surface area contributed by atoms with Crippen molar-refractivity contribution in [2.45, 2.75) is 45.1 Å². The van der Waals surface area contributed by atoms with Crippen LogP contribution < -0.4 is 5.32 Å². The molecule has 1 atom stereocenters. The molecule has 142 valence electrons. The maximum atomic E-state index is 13.4. The second-order valence-corrected chi connectivity index (χ2v) is 7.26. The van der Waals surface area contributed by atoms with Crippen molar-refractivity contribution in [3.63, 3.8) is 0 Å². The molecule has 1 aliphatic rings. The zero-order valence-electron chi connectivity index (χ0n) is 16.0. The van der Waals surface area contributed by atoms with Gasteiger partial charge in [-0.2, -0.15) is 0 Å². The lowest BCUT2D eigenvalue weighted by molar-refractivity contribution is -0.122. The van der Waals surface area contributed by atoms with Crippen LogP contribution >= 0.6 is 0 Å². The highest BCUT2D eigenvalue weighted by molar-refractivity contribution is 5.95. The standard InChI is InChI=1S/C23H28N2O2/c1-18-10-9-13-20(16-18)23(27)25-15-8-3-2-7-14-24-22(26)17-21(25)19-11-5-4-6-12-19/h4-6,9-13,16,21H,2-3,7-8,14-15,17H2,1H3,(H,24,26). The molecule has 0 aromatic heterocycles. The van der Waals surface area contributed by atoms with E-state index in [9.17, 15) is 9.59 Å². The second kappa shape index (κ2) is 9.36. The van der Waals surface area contributed by atoms with Crippen LogP contribution in [0.3, 0.4) is 0 Å². The summed E-state index contributed by atoms with van der Waals surface area (Å²) >= 11 is 0. The van der Waals surface area contributed by atoms with Crippen molar-refractivity contribution >= 4 is 11.8 Å². The number of carbonyl (C=O) groups is 2. The summed E-state index contributed by atoms with van der Waals surface area (Å²) in [4.78, 5) is 27.8. The predicted molar refractivity (Wildman–Crippen MR) is 107 cm³/mol. The van der Waals surface area contributed by atoms with E-state index in [-0.39, 0.29) is 17.9 Å². The number of aryl methyl sites for hydroxylation is 1. The van der Waals surface area contributed by atoms with E-state index in [2.05, 4.69) is 5.32 Å². The number of carbonyl (C=O) groups excluding carboxylic acids is 2. The van der Waals surface area contributed by atoms with Crippen LogP contribution in [0.2, 0.25) is 0 Å². The molecule has 1 fully saturated rings. The van der Waals surface area contributed by atoms with E-state index >= 15 is 0 Å². The third-order valence-corrected chi connectivity index (χ3v) is 5.11. The topological polar surface area (TPSA) is 49.4 Å². The number of benzene rings is 2. The predicted octanol–water partition coefficient (Wildman–Crippen LogP) is 4.26. The molecule has 0 spiro atoms. The summed E-state index contributed by atoms with van der Waals surface area (Å²) in [6, 6.07) is 17.4. The smallest absolute Gasteiger partial charge is 0.254 e. The molecule has 1 saturated heterocycles. The van der Waals surface area contributed by atoms with Crippen LogP contribution in [0.4, 0.5) is 0 Å². The van der Waals surface area contributed by atoms with Crippen LogP contribution in [0, 0.1) is 6.92 Å². The minimum atomic E-state index is -0.252. The van der Waals surface area contributed by atoms with Gasteiger partial charge in [-0.1, -0.05) is 60.9 Å². The lowest BCUT2D eigenvalue weighted by Crippen LogP contribution is -2.38. The molecule has 1 unspecified atom stereocenters. The summed E-state index contributed by atoms with van der Waals surface area (Å²) in [6.45, 7) is 3.37. The van der Waals surface area contributed by atoms with Crippen molar-refractivity contribution in [3.05, 3.63) is 71.3 Å². The minimum Gasteiger partial charge on any atom is -0.356 e. The van der Waals surface area contributed by atoms with Gasteiger partial charge in [-0.15, -0.1) is 0 Å². The van der Waals surface area contributed by atoms with Gasteiger partial charge in [-0.25, -0.2) is 0 Å². The first-order valence-electron chi connectivity index (χ1n) is 9.84. The Bertz CT molecular complexity index is 773. The molecule has 1 N–H and O–H groups in total. The van der Waals surface area contributed by atoms with Crippen molar-refractivity contribution in [2.75, 3.05) is 13.1 Å². The molecule has 2 amide bonds.